The van der Waals surface area contributed by atoms with Crippen LogP contribution in [0.3, 0.4) is 0 Å². The second-order valence-corrected chi connectivity index (χ2v) is 10.0. The zero-order chi connectivity index (χ0) is 19.7. The van der Waals surface area contributed by atoms with Gasteiger partial charge in [-0.3, -0.25) is 4.79 Å². The Morgan fingerprint density at radius 2 is 1.93 bits per heavy atom. The predicted molar refractivity (Wildman–Crippen MR) is 108 cm³/mol. The van der Waals surface area contributed by atoms with Crippen molar-refractivity contribution in [3.63, 3.8) is 0 Å². The van der Waals surface area contributed by atoms with Crippen molar-refractivity contribution >= 4 is 27.1 Å². The molecule has 5 nitrogen and oxygen atoms in total. The highest BCUT2D eigenvalue weighted by atomic mass is 32.2. The van der Waals surface area contributed by atoms with Crippen LogP contribution < -0.4 is 0 Å². The summed E-state index contributed by atoms with van der Waals surface area (Å²) in [5, 5.41) is 1.32. The van der Waals surface area contributed by atoms with E-state index in [1.165, 1.54) is 23.5 Å². The minimum absolute atomic E-state index is 0.0488. The number of nitrogens with zero attached hydrogens (tertiary/aromatic N) is 1. The van der Waals surface area contributed by atoms with E-state index >= 15 is 0 Å². The van der Waals surface area contributed by atoms with Crippen LogP contribution in [0.4, 0.5) is 4.39 Å². The first-order valence-corrected chi connectivity index (χ1v) is 11.5. The maximum atomic E-state index is 13.1. The fourth-order valence-electron chi connectivity index (χ4n) is 3.44. The smallest absolute Gasteiger partial charge is 0.270 e. The summed E-state index contributed by atoms with van der Waals surface area (Å²) in [6, 6.07) is 11.4. The number of aromatic amines is 1. The zero-order valence-corrected chi connectivity index (χ0v) is 16.6. The Balaban J connectivity index is 1.52. The molecule has 146 valence electrons. The molecule has 8 heteroatoms. The van der Waals surface area contributed by atoms with Gasteiger partial charge in [0.1, 0.15) is 11.5 Å². The summed E-state index contributed by atoms with van der Waals surface area (Å²) < 4.78 is 38.4. The first kappa shape index (κ1) is 18.9. The molecular formula is C20H19FN2O3S2. The number of hydrogen-bond donors (Lipinski definition) is 1. The number of sulfone groups is 1. The van der Waals surface area contributed by atoms with Crippen molar-refractivity contribution in [3.8, 4) is 11.1 Å². The van der Waals surface area contributed by atoms with Gasteiger partial charge in [0.05, 0.1) is 11.0 Å². The van der Waals surface area contributed by atoms with Crippen molar-refractivity contribution in [1.29, 1.82) is 0 Å². The number of hydrogen-bond acceptors (Lipinski definition) is 4. The van der Waals surface area contributed by atoms with Crippen molar-refractivity contribution in [2.75, 3.05) is 18.8 Å². The maximum Gasteiger partial charge on any atom is 0.270 e. The molecule has 1 unspecified atom stereocenters. The van der Waals surface area contributed by atoms with Gasteiger partial charge in [0, 0.05) is 24.2 Å². The third-order valence-corrected chi connectivity index (χ3v) is 8.22. The molecular weight excluding hydrogens is 399 g/mol. The minimum Gasteiger partial charge on any atom is -0.357 e. The molecule has 4 rings (SSSR count). The molecule has 1 saturated heterocycles. The van der Waals surface area contributed by atoms with Crippen LogP contribution in [0, 0.1) is 5.82 Å². The van der Waals surface area contributed by atoms with E-state index in [9.17, 15) is 17.6 Å². The van der Waals surface area contributed by atoms with Crippen molar-refractivity contribution in [2.24, 2.45) is 0 Å². The fourth-order valence-corrected chi connectivity index (χ4v) is 6.44. The van der Waals surface area contributed by atoms with E-state index in [1.54, 1.807) is 29.3 Å². The molecule has 1 aromatic carbocycles. The minimum atomic E-state index is -3.30. The summed E-state index contributed by atoms with van der Waals surface area (Å²) in [6.45, 7) is 0.555. The van der Waals surface area contributed by atoms with Gasteiger partial charge in [-0.2, -0.15) is 0 Å². The molecule has 1 N–H and O–H groups in total. The van der Waals surface area contributed by atoms with Crippen LogP contribution in [0.2, 0.25) is 0 Å². The van der Waals surface area contributed by atoms with Crippen LogP contribution in [0.25, 0.3) is 11.1 Å². The van der Waals surface area contributed by atoms with E-state index < -0.39 is 15.1 Å². The largest absolute Gasteiger partial charge is 0.357 e. The number of H-pyrrole nitrogens is 1. The standard InChI is InChI=1S/C20H19FN2O3S2/c21-16-5-3-14(4-6-16)15-12-17(22-13-15)20(24)23-8-7-19(18-2-1-10-27-18)28(25,26)11-9-23/h1-6,10,12-13,19,22H,7-9,11H2. The summed E-state index contributed by atoms with van der Waals surface area (Å²) in [6.07, 6.45) is 2.09. The molecule has 0 saturated carbocycles. The molecule has 1 aliphatic rings. The Morgan fingerprint density at radius 3 is 2.64 bits per heavy atom. The normalized spacial score (nSPS) is 19.3. The lowest BCUT2D eigenvalue weighted by Gasteiger charge is -2.19. The van der Waals surface area contributed by atoms with Crippen LogP contribution >= 0.6 is 11.3 Å². The van der Waals surface area contributed by atoms with Gasteiger partial charge in [0.15, 0.2) is 9.84 Å². The van der Waals surface area contributed by atoms with Crippen molar-refractivity contribution in [3.05, 3.63) is 70.4 Å². The molecule has 0 spiro atoms. The molecule has 0 radical (unpaired) electrons. The summed E-state index contributed by atoms with van der Waals surface area (Å²) in [5.41, 5.74) is 1.97. The molecule has 28 heavy (non-hydrogen) atoms. The fraction of sp³-hybridized carbons (Fsp3) is 0.250. The van der Waals surface area contributed by atoms with Crippen molar-refractivity contribution < 1.29 is 17.6 Å². The maximum absolute atomic E-state index is 13.1. The predicted octanol–water partition coefficient (Wildman–Crippen LogP) is 3.88. The Kier molecular flexibility index (Phi) is 5.07. The molecule has 1 fully saturated rings. The number of carbonyl (C=O) groups excluding carboxylic acids is 1. The topological polar surface area (TPSA) is 70.2 Å². The van der Waals surface area contributed by atoms with Gasteiger partial charge in [-0.25, -0.2) is 12.8 Å². The quantitative estimate of drug-likeness (QED) is 0.702. The number of thiophene rings is 1. The second kappa shape index (κ2) is 7.52. The van der Waals surface area contributed by atoms with Crippen LogP contribution in [0.5, 0.6) is 0 Å². The summed E-state index contributed by atoms with van der Waals surface area (Å²) in [7, 11) is -3.30. The van der Waals surface area contributed by atoms with Crippen LogP contribution in [-0.4, -0.2) is 43.1 Å². The number of nitrogens with one attached hydrogen (secondary N) is 1. The lowest BCUT2D eigenvalue weighted by molar-refractivity contribution is 0.0761. The lowest BCUT2D eigenvalue weighted by Crippen LogP contribution is -2.33. The Bertz CT molecular complexity index is 1070. The van der Waals surface area contributed by atoms with Crippen molar-refractivity contribution in [2.45, 2.75) is 11.7 Å². The molecule has 3 heterocycles. The van der Waals surface area contributed by atoms with Gasteiger partial charge >= 0.3 is 0 Å². The highest BCUT2D eigenvalue weighted by molar-refractivity contribution is 7.91. The Morgan fingerprint density at radius 1 is 1.14 bits per heavy atom. The highest BCUT2D eigenvalue weighted by Crippen LogP contribution is 2.32. The number of halogens is 1. The van der Waals surface area contributed by atoms with Gasteiger partial charge in [-0.1, -0.05) is 18.2 Å². The Labute approximate surface area is 166 Å². The third-order valence-electron chi connectivity index (χ3n) is 4.98. The average Bonchev–Trinajstić information content (AvgIpc) is 3.34. The molecule has 2 aromatic heterocycles. The van der Waals surface area contributed by atoms with E-state index in [4.69, 9.17) is 0 Å². The summed E-state index contributed by atoms with van der Waals surface area (Å²) in [5.74, 6) is -0.593. The number of benzene rings is 1. The first-order chi connectivity index (χ1) is 13.4. The van der Waals surface area contributed by atoms with E-state index in [2.05, 4.69) is 4.98 Å². The number of amides is 1. The summed E-state index contributed by atoms with van der Waals surface area (Å²) in [4.78, 5) is 18.3. The van der Waals surface area contributed by atoms with Crippen LogP contribution in [-0.2, 0) is 9.84 Å². The van der Waals surface area contributed by atoms with Gasteiger partial charge in [-0.15, -0.1) is 11.3 Å². The lowest BCUT2D eigenvalue weighted by atomic mass is 10.1. The molecule has 3 aromatic rings. The average molecular weight is 419 g/mol. The monoisotopic (exact) mass is 418 g/mol. The first-order valence-electron chi connectivity index (χ1n) is 8.93. The van der Waals surface area contributed by atoms with E-state index in [-0.39, 0.29) is 24.0 Å². The van der Waals surface area contributed by atoms with Gasteiger partial charge in [0.25, 0.3) is 5.91 Å². The number of carbonyl (C=O) groups is 1. The second-order valence-electron chi connectivity index (χ2n) is 6.76. The molecule has 1 atom stereocenters. The van der Waals surface area contributed by atoms with Gasteiger partial charge < -0.3 is 9.88 Å². The molecule has 1 amide bonds. The van der Waals surface area contributed by atoms with E-state index in [0.717, 1.165) is 16.0 Å². The van der Waals surface area contributed by atoms with E-state index in [1.807, 2.05) is 17.5 Å². The van der Waals surface area contributed by atoms with Crippen LogP contribution in [0.1, 0.15) is 27.0 Å². The molecule has 0 aliphatic carbocycles. The SMILES string of the molecule is O=C(c1cc(-c2ccc(F)cc2)c[nH]1)N1CCC(c2cccs2)S(=O)(=O)CC1. The zero-order valence-electron chi connectivity index (χ0n) is 15.0. The molecule has 1 aliphatic heterocycles. The number of aromatic nitrogens is 1. The van der Waals surface area contributed by atoms with Crippen LogP contribution in [0.15, 0.2) is 54.0 Å². The molecule has 0 bridgehead atoms. The summed E-state index contributed by atoms with van der Waals surface area (Å²) >= 11 is 1.43. The van der Waals surface area contributed by atoms with Crippen molar-refractivity contribution in [1.82, 2.24) is 9.88 Å². The van der Waals surface area contributed by atoms with Gasteiger partial charge in [-0.05, 0) is 47.2 Å². The Hall–Kier alpha value is -2.45. The number of rotatable bonds is 3. The van der Waals surface area contributed by atoms with E-state index in [0.29, 0.717) is 18.7 Å². The highest BCUT2D eigenvalue weighted by Gasteiger charge is 2.33. The van der Waals surface area contributed by atoms with Gasteiger partial charge in [0.2, 0.25) is 0 Å². The third kappa shape index (κ3) is 3.74.